The zero-order valence-corrected chi connectivity index (χ0v) is 12.3. The van der Waals surface area contributed by atoms with Crippen molar-refractivity contribution < 1.29 is 9.53 Å². The molecule has 0 spiro atoms. The number of nitrogens with zero attached hydrogens (tertiary/aromatic N) is 4. The van der Waals surface area contributed by atoms with Gasteiger partial charge in [0.2, 0.25) is 11.7 Å². The van der Waals surface area contributed by atoms with Crippen molar-refractivity contribution in [2.75, 3.05) is 6.61 Å². The van der Waals surface area contributed by atoms with Crippen LogP contribution in [0.25, 0.3) is 11.4 Å². The smallest absolute Gasteiger partial charge is 0.248 e. The van der Waals surface area contributed by atoms with Gasteiger partial charge in [-0.15, -0.1) is 10.2 Å². The molecule has 3 rings (SSSR count). The van der Waals surface area contributed by atoms with Crippen LogP contribution in [0.1, 0.15) is 10.4 Å². The molecule has 23 heavy (non-hydrogen) atoms. The Labute approximate surface area is 132 Å². The molecule has 0 bridgehead atoms. The van der Waals surface area contributed by atoms with Crippen molar-refractivity contribution in [2.24, 2.45) is 5.73 Å². The first-order valence-corrected chi connectivity index (χ1v) is 7.08. The van der Waals surface area contributed by atoms with E-state index >= 15 is 0 Å². The van der Waals surface area contributed by atoms with Gasteiger partial charge in [-0.3, -0.25) is 4.79 Å². The lowest BCUT2D eigenvalue weighted by Gasteiger charge is -2.04. The third-order valence-corrected chi connectivity index (χ3v) is 3.18. The van der Waals surface area contributed by atoms with E-state index in [2.05, 4.69) is 15.4 Å². The molecule has 1 amide bonds. The minimum absolute atomic E-state index is 0.442. The van der Waals surface area contributed by atoms with Gasteiger partial charge in [-0.1, -0.05) is 30.3 Å². The van der Waals surface area contributed by atoms with Crippen LogP contribution in [-0.2, 0) is 6.54 Å². The number of hydrogen-bond donors (Lipinski definition) is 1. The Morgan fingerprint density at radius 3 is 2.52 bits per heavy atom. The SMILES string of the molecule is NC(=O)c1ccc(-c2nnn(CCOc3ccccc3)n2)cc1. The van der Waals surface area contributed by atoms with Crippen LogP contribution in [0, 0.1) is 0 Å². The van der Waals surface area contributed by atoms with E-state index in [1.54, 1.807) is 24.3 Å². The Bertz CT molecular complexity index is 784. The third-order valence-electron chi connectivity index (χ3n) is 3.18. The van der Waals surface area contributed by atoms with E-state index in [0.717, 1.165) is 11.3 Å². The van der Waals surface area contributed by atoms with E-state index < -0.39 is 5.91 Å². The fourth-order valence-electron chi connectivity index (χ4n) is 2.00. The lowest BCUT2D eigenvalue weighted by atomic mass is 10.1. The van der Waals surface area contributed by atoms with Gasteiger partial charge in [-0.25, -0.2) is 0 Å². The van der Waals surface area contributed by atoms with Gasteiger partial charge in [-0.2, -0.15) is 4.80 Å². The van der Waals surface area contributed by atoms with Crippen LogP contribution < -0.4 is 10.5 Å². The van der Waals surface area contributed by atoms with Crippen LogP contribution in [0.2, 0.25) is 0 Å². The van der Waals surface area contributed by atoms with Crippen LogP contribution >= 0.6 is 0 Å². The monoisotopic (exact) mass is 309 g/mol. The fourth-order valence-corrected chi connectivity index (χ4v) is 2.00. The number of rotatable bonds is 6. The lowest BCUT2D eigenvalue weighted by Crippen LogP contribution is -2.11. The number of ether oxygens (including phenoxy) is 1. The number of carbonyl (C=O) groups excluding carboxylic acids is 1. The maximum absolute atomic E-state index is 11.0. The van der Waals surface area contributed by atoms with Gasteiger partial charge in [0.05, 0.1) is 6.54 Å². The van der Waals surface area contributed by atoms with Crippen molar-refractivity contribution in [3.8, 4) is 17.1 Å². The predicted octanol–water partition coefficient (Wildman–Crippen LogP) is 1.52. The number of carbonyl (C=O) groups is 1. The quantitative estimate of drug-likeness (QED) is 0.744. The highest BCUT2D eigenvalue weighted by Gasteiger charge is 2.07. The maximum atomic E-state index is 11.0. The molecule has 1 aromatic heterocycles. The number of aromatic nitrogens is 4. The molecule has 7 nitrogen and oxygen atoms in total. The summed E-state index contributed by atoms with van der Waals surface area (Å²) in [7, 11) is 0. The van der Waals surface area contributed by atoms with Crippen LogP contribution in [0.4, 0.5) is 0 Å². The van der Waals surface area contributed by atoms with Gasteiger partial charge in [0.1, 0.15) is 12.4 Å². The Kier molecular flexibility index (Phi) is 4.28. The Balaban J connectivity index is 1.60. The molecule has 0 aliphatic heterocycles. The average Bonchev–Trinajstić information content (AvgIpc) is 3.05. The molecule has 0 atom stereocenters. The standard InChI is InChI=1S/C16H15N5O2/c17-15(22)12-6-8-13(9-7-12)16-18-20-21(19-16)10-11-23-14-4-2-1-3-5-14/h1-9H,10-11H2,(H2,17,22). The summed E-state index contributed by atoms with van der Waals surface area (Å²) in [5.74, 6) is 0.821. The third kappa shape index (κ3) is 3.70. The summed E-state index contributed by atoms with van der Waals surface area (Å²) in [6.07, 6.45) is 0. The summed E-state index contributed by atoms with van der Waals surface area (Å²) in [4.78, 5) is 12.5. The molecular weight excluding hydrogens is 294 g/mol. The van der Waals surface area contributed by atoms with Crippen LogP contribution in [0.3, 0.4) is 0 Å². The van der Waals surface area contributed by atoms with Crippen LogP contribution in [0.15, 0.2) is 54.6 Å². The van der Waals surface area contributed by atoms with E-state index in [1.807, 2.05) is 30.3 Å². The number of nitrogens with two attached hydrogens (primary N) is 1. The number of primary amides is 1. The lowest BCUT2D eigenvalue weighted by molar-refractivity contribution is 0.100. The molecule has 2 aromatic carbocycles. The van der Waals surface area contributed by atoms with Crippen molar-refractivity contribution in [3.05, 3.63) is 60.2 Å². The molecular formula is C16H15N5O2. The molecule has 7 heteroatoms. The fraction of sp³-hybridized carbons (Fsp3) is 0.125. The molecule has 0 unspecified atom stereocenters. The largest absolute Gasteiger partial charge is 0.492 e. The molecule has 0 fully saturated rings. The number of hydrogen-bond acceptors (Lipinski definition) is 5. The average molecular weight is 309 g/mol. The van der Waals surface area contributed by atoms with Crippen molar-refractivity contribution in [1.82, 2.24) is 20.2 Å². The highest BCUT2D eigenvalue weighted by Crippen LogP contribution is 2.14. The summed E-state index contributed by atoms with van der Waals surface area (Å²) in [6.45, 7) is 0.932. The maximum Gasteiger partial charge on any atom is 0.248 e. The Morgan fingerprint density at radius 1 is 1.09 bits per heavy atom. The summed E-state index contributed by atoms with van der Waals surface area (Å²) < 4.78 is 5.59. The normalized spacial score (nSPS) is 10.4. The minimum atomic E-state index is -0.466. The van der Waals surface area contributed by atoms with E-state index in [4.69, 9.17) is 10.5 Å². The van der Waals surface area contributed by atoms with Crippen molar-refractivity contribution in [3.63, 3.8) is 0 Å². The number of tetrazole rings is 1. The second-order valence-electron chi connectivity index (χ2n) is 4.81. The molecule has 0 aliphatic rings. The van der Waals surface area contributed by atoms with Crippen molar-refractivity contribution >= 4 is 5.91 Å². The van der Waals surface area contributed by atoms with E-state index in [0.29, 0.717) is 24.5 Å². The van der Waals surface area contributed by atoms with Gasteiger partial charge < -0.3 is 10.5 Å². The zero-order chi connectivity index (χ0) is 16.1. The molecule has 0 radical (unpaired) electrons. The number of benzene rings is 2. The number of para-hydroxylation sites is 1. The second kappa shape index (κ2) is 6.69. The second-order valence-corrected chi connectivity index (χ2v) is 4.81. The molecule has 0 saturated heterocycles. The summed E-state index contributed by atoms with van der Waals surface area (Å²) in [5.41, 5.74) is 6.42. The van der Waals surface area contributed by atoms with E-state index in [-0.39, 0.29) is 0 Å². The summed E-state index contributed by atoms with van der Waals surface area (Å²) in [6, 6.07) is 16.3. The van der Waals surface area contributed by atoms with Gasteiger partial charge >= 0.3 is 0 Å². The van der Waals surface area contributed by atoms with Crippen LogP contribution in [-0.4, -0.2) is 32.7 Å². The van der Waals surface area contributed by atoms with Gasteiger partial charge in [0.25, 0.3) is 0 Å². The van der Waals surface area contributed by atoms with Gasteiger partial charge in [-0.05, 0) is 29.5 Å². The first-order chi connectivity index (χ1) is 11.2. The van der Waals surface area contributed by atoms with Crippen LogP contribution in [0.5, 0.6) is 5.75 Å². The van der Waals surface area contributed by atoms with Gasteiger partial charge in [0.15, 0.2) is 0 Å². The Hall–Kier alpha value is -3.22. The van der Waals surface area contributed by atoms with Crippen molar-refractivity contribution in [2.45, 2.75) is 6.54 Å². The van der Waals surface area contributed by atoms with Gasteiger partial charge in [0, 0.05) is 11.1 Å². The minimum Gasteiger partial charge on any atom is -0.492 e. The summed E-state index contributed by atoms with van der Waals surface area (Å²) in [5, 5.41) is 12.3. The first kappa shape index (κ1) is 14.7. The highest BCUT2D eigenvalue weighted by molar-refractivity contribution is 5.93. The predicted molar refractivity (Wildman–Crippen MR) is 83.7 cm³/mol. The van der Waals surface area contributed by atoms with E-state index in [9.17, 15) is 4.79 Å². The molecule has 1 heterocycles. The molecule has 2 N–H and O–H groups in total. The molecule has 0 aliphatic carbocycles. The highest BCUT2D eigenvalue weighted by atomic mass is 16.5. The Morgan fingerprint density at radius 2 is 1.83 bits per heavy atom. The molecule has 0 saturated carbocycles. The molecule has 3 aromatic rings. The van der Waals surface area contributed by atoms with Crippen molar-refractivity contribution in [1.29, 1.82) is 0 Å². The zero-order valence-electron chi connectivity index (χ0n) is 12.3. The number of amides is 1. The van der Waals surface area contributed by atoms with E-state index in [1.165, 1.54) is 4.80 Å². The summed E-state index contributed by atoms with van der Waals surface area (Å²) >= 11 is 0. The first-order valence-electron chi connectivity index (χ1n) is 7.08. The topological polar surface area (TPSA) is 95.9 Å². The molecule has 116 valence electrons.